The van der Waals surface area contributed by atoms with Gasteiger partial charge in [0, 0.05) is 6.54 Å². The van der Waals surface area contributed by atoms with E-state index in [0.29, 0.717) is 12.3 Å². The summed E-state index contributed by atoms with van der Waals surface area (Å²) in [6, 6.07) is 19.8. The molecule has 142 valence electrons. The van der Waals surface area contributed by atoms with E-state index in [4.69, 9.17) is 4.74 Å². The molecule has 0 saturated carbocycles. The minimum absolute atomic E-state index is 0.0373. The van der Waals surface area contributed by atoms with Crippen molar-refractivity contribution in [2.24, 2.45) is 0 Å². The fourth-order valence-corrected chi connectivity index (χ4v) is 2.87. The smallest absolute Gasteiger partial charge is 0.416 e. The molecule has 0 aliphatic heterocycles. The molecule has 3 nitrogen and oxygen atoms in total. The van der Waals surface area contributed by atoms with Gasteiger partial charge in [0.25, 0.3) is 0 Å². The molecule has 6 heteroatoms. The largest absolute Gasteiger partial charge is 0.456 e. The number of hydrogen-bond acceptors (Lipinski definition) is 3. The Morgan fingerprint density at radius 2 is 1.75 bits per heavy atom. The fourth-order valence-electron chi connectivity index (χ4n) is 2.87. The van der Waals surface area contributed by atoms with E-state index in [0.717, 1.165) is 34.9 Å². The summed E-state index contributed by atoms with van der Waals surface area (Å²) in [5.41, 5.74) is 2.12. The maximum atomic E-state index is 13.0. The Morgan fingerprint density at radius 1 is 1.00 bits per heavy atom. The van der Waals surface area contributed by atoms with Crippen molar-refractivity contribution in [3.05, 3.63) is 83.4 Å². The quantitative estimate of drug-likeness (QED) is 0.611. The monoisotopic (exact) mass is 382 g/mol. The number of ether oxygens (including phenoxy) is 1. The van der Waals surface area contributed by atoms with Crippen molar-refractivity contribution in [2.45, 2.75) is 12.7 Å². The predicted molar refractivity (Wildman–Crippen MR) is 101 cm³/mol. The number of nitriles is 1. The standard InChI is InChI=1S/C22H17F3N2O/c1-27-14-17-11-19(9-10-20(17)15-5-3-2-4-6-15)28-21-12-18(22(23,24)25)8-7-16(21)13-26/h2-12,27H,14H2,1H3. The second-order valence-electron chi connectivity index (χ2n) is 6.14. The number of benzene rings is 3. The maximum Gasteiger partial charge on any atom is 0.416 e. The first-order valence-corrected chi connectivity index (χ1v) is 8.54. The fraction of sp³-hybridized carbons (Fsp3) is 0.136. The molecule has 0 aliphatic rings. The molecule has 0 unspecified atom stereocenters. The van der Waals surface area contributed by atoms with Crippen molar-refractivity contribution in [1.29, 1.82) is 5.26 Å². The number of nitrogens with zero attached hydrogens (tertiary/aromatic N) is 1. The van der Waals surface area contributed by atoms with Crippen molar-refractivity contribution >= 4 is 0 Å². The molecule has 0 fully saturated rings. The molecule has 3 aromatic rings. The summed E-state index contributed by atoms with van der Waals surface area (Å²) in [4.78, 5) is 0. The van der Waals surface area contributed by atoms with Gasteiger partial charge in [-0.05, 0) is 54.1 Å². The summed E-state index contributed by atoms with van der Waals surface area (Å²) >= 11 is 0. The normalized spacial score (nSPS) is 11.1. The Labute approximate surface area is 161 Å². The highest BCUT2D eigenvalue weighted by atomic mass is 19.4. The number of alkyl halides is 3. The Kier molecular flexibility index (Phi) is 5.67. The highest BCUT2D eigenvalue weighted by molar-refractivity contribution is 5.68. The molecule has 1 N–H and O–H groups in total. The zero-order valence-electron chi connectivity index (χ0n) is 15.0. The highest BCUT2D eigenvalue weighted by Crippen LogP contribution is 2.36. The van der Waals surface area contributed by atoms with Crippen LogP contribution in [-0.4, -0.2) is 7.05 Å². The van der Waals surface area contributed by atoms with Gasteiger partial charge in [0.15, 0.2) is 0 Å². The first-order chi connectivity index (χ1) is 13.4. The first-order valence-electron chi connectivity index (χ1n) is 8.54. The second-order valence-corrected chi connectivity index (χ2v) is 6.14. The molecule has 0 heterocycles. The van der Waals surface area contributed by atoms with E-state index >= 15 is 0 Å². The third-order valence-corrected chi connectivity index (χ3v) is 4.19. The van der Waals surface area contributed by atoms with Crippen LogP contribution in [-0.2, 0) is 12.7 Å². The van der Waals surface area contributed by atoms with Crippen molar-refractivity contribution in [2.75, 3.05) is 7.05 Å². The Balaban J connectivity index is 1.99. The molecule has 0 saturated heterocycles. The Morgan fingerprint density at radius 3 is 2.39 bits per heavy atom. The van der Waals surface area contributed by atoms with Crippen LogP contribution in [0.2, 0.25) is 0 Å². The molecule has 0 bridgehead atoms. The van der Waals surface area contributed by atoms with Crippen molar-refractivity contribution < 1.29 is 17.9 Å². The van der Waals surface area contributed by atoms with Gasteiger partial charge in [0.05, 0.1) is 11.1 Å². The van der Waals surface area contributed by atoms with Crippen molar-refractivity contribution in [1.82, 2.24) is 5.32 Å². The molecule has 0 spiro atoms. The Bertz CT molecular complexity index is 1010. The molecule has 0 aromatic heterocycles. The van der Waals surface area contributed by atoms with Crippen molar-refractivity contribution in [3.8, 4) is 28.7 Å². The summed E-state index contributed by atoms with van der Waals surface area (Å²) < 4.78 is 44.7. The van der Waals surface area contributed by atoms with Gasteiger partial charge < -0.3 is 10.1 Å². The van der Waals surface area contributed by atoms with Crippen LogP contribution in [0.1, 0.15) is 16.7 Å². The topological polar surface area (TPSA) is 45.0 Å². The van der Waals surface area contributed by atoms with E-state index in [-0.39, 0.29) is 11.3 Å². The van der Waals surface area contributed by atoms with Crippen LogP contribution in [0.25, 0.3) is 11.1 Å². The number of rotatable bonds is 5. The van der Waals surface area contributed by atoms with Gasteiger partial charge in [-0.15, -0.1) is 0 Å². The molecular weight excluding hydrogens is 365 g/mol. The minimum Gasteiger partial charge on any atom is -0.456 e. The summed E-state index contributed by atoms with van der Waals surface area (Å²) in [5.74, 6) is 0.237. The lowest BCUT2D eigenvalue weighted by atomic mass is 9.99. The van der Waals surface area contributed by atoms with E-state index < -0.39 is 11.7 Å². The van der Waals surface area contributed by atoms with E-state index in [1.54, 1.807) is 12.1 Å². The van der Waals surface area contributed by atoms with Crippen LogP contribution < -0.4 is 10.1 Å². The molecular formula is C22H17F3N2O. The van der Waals surface area contributed by atoms with Gasteiger partial charge in [-0.1, -0.05) is 36.4 Å². The molecule has 28 heavy (non-hydrogen) atoms. The Hall–Kier alpha value is -3.30. The summed E-state index contributed by atoms with van der Waals surface area (Å²) in [7, 11) is 1.81. The third-order valence-electron chi connectivity index (χ3n) is 4.19. The van der Waals surface area contributed by atoms with E-state index in [2.05, 4.69) is 5.32 Å². The maximum absolute atomic E-state index is 13.0. The summed E-state index contributed by atoms with van der Waals surface area (Å²) in [6.07, 6.45) is -4.51. The molecule has 0 amide bonds. The van der Waals surface area contributed by atoms with Crippen LogP contribution in [0.4, 0.5) is 13.2 Å². The molecule has 0 aliphatic carbocycles. The zero-order chi connectivity index (χ0) is 20.1. The van der Waals surface area contributed by atoms with Crippen LogP contribution in [0.3, 0.4) is 0 Å². The second kappa shape index (κ2) is 8.15. The lowest BCUT2D eigenvalue weighted by Crippen LogP contribution is -2.07. The molecule has 3 rings (SSSR count). The molecule has 0 radical (unpaired) electrons. The first kappa shape index (κ1) is 19.5. The van der Waals surface area contributed by atoms with Gasteiger partial charge in [-0.2, -0.15) is 18.4 Å². The lowest BCUT2D eigenvalue weighted by molar-refractivity contribution is -0.137. The van der Waals surface area contributed by atoms with Gasteiger partial charge in [-0.3, -0.25) is 0 Å². The average Bonchev–Trinajstić information content (AvgIpc) is 2.68. The van der Waals surface area contributed by atoms with Crippen LogP contribution in [0.5, 0.6) is 11.5 Å². The molecule has 0 atom stereocenters. The van der Waals surface area contributed by atoms with Gasteiger partial charge in [0.1, 0.15) is 17.6 Å². The van der Waals surface area contributed by atoms with Gasteiger partial charge in [0.2, 0.25) is 0 Å². The minimum atomic E-state index is -4.51. The van der Waals surface area contributed by atoms with Crippen molar-refractivity contribution in [3.63, 3.8) is 0 Å². The number of halogens is 3. The zero-order valence-corrected chi connectivity index (χ0v) is 15.0. The number of hydrogen-bond donors (Lipinski definition) is 1. The van der Waals surface area contributed by atoms with E-state index in [1.807, 2.05) is 49.5 Å². The van der Waals surface area contributed by atoms with Gasteiger partial charge >= 0.3 is 6.18 Å². The summed E-state index contributed by atoms with van der Waals surface area (Å²) in [5, 5.41) is 12.3. The third kappa shape index (κ3) is 4.33. The lowest BCUT2D eigenvalue weighted by Gasteiger charge is -2.14. The van der Waals surface area contributed by atoms with Gasteiger partial charge in [-0.25, -0.2) is 0 Å². The van der Waals surface area contributed by atoms with E-state index in [1.165, 1.54) is 0 Å². The van der Waals surface area contributed by atoms with Crippen LogP contribution in [0, 0.1) is 11.3 Å². The summed E-state index contributed by atoms with van der Waals surface area (Å²) in [6.45, 7) is 0.551. The van der Waals surface area contributed by atoms with Crippen LogP contribution in [0.15, 0.2) is 66.7 Å². The van der Waals surface area contributed by atoms with Crippen LogP contribution >= 0.6 is 0 Å². The SMILES string of the molecule is CNCc1cc(Oc2cc(C(F)(F)F)ccc2C#N)ccc1-c1ccccc1. The van der Waals surface area contributed by atoms with E-state index in [9.17, 15) is 18.4 Å². The highest BCUT2D eigenvalue weighted by Gasteiger charge is 2.31. The predicted octanol–water partition coefficient (Wildman–Crippen LogP) is 5.76. The average molecular weight is 382 g/mol. The molecule has 3 aromatic carbocycles. The number of nitrogens with one attached hydrogen (secondary N) is 1.